The molecule has 1 saturated carbocycles. The van der Waals surface area contributed by atoms with Crippen molar-refractivity contribution in [2.45, 2.75) is 64.5 Å². The third-order valence-corrected chi connectivity index (χ3v) is 4.04. The van der Waals surface area contributed by atoms with E-state index in [0.717, 1.165) is 42.9 Å². The molecule has 1 aromatic heterocycles. The van der Waals surface area contributed by atoms with Crippen molar-refractivity contribution >= 4 is 17.4 Å². The maximum Gasteiger partial charge on any atom is 0.137 e. The van der Waals surface area contributed by atoms with Crippen LogP contribution in [0.4, 0.5) is 5.82 Å². The van der Waals surface area contributed by atoms with Crippen molar-refractivity contribution in [2.75, 3.05) is 5.32 Å². The first-order valence-corrected chi connectivity index (χ1v) is 7.35. The average molecular weight is 284 g/mol. The molecule has 0 aliphatic heterocycles. The lowest BCUT2D eigenvalue weighted by Crippen LogP contribution is -2.37. The second-order valence-electron chi connectivity index (χ2n) is 5.60. The van der Waals surface area contributed by atoms with Gasteiger partial charge in [0.2, 0.25) is 0 Å². The number of hydrogen-bond donors (Lipinski definition) is 2. The number of nitrogens with zero attached hydrogens (tertiary/aromatic N) is 2. The Morgan fingerprint density at radius 1 is 1.26 bits per heavy atom. The van der Waals surface area contributed by atoms with Gasteiger partial charge in [0.05, 0.1) is 12.1 Å². The van der Waals surface area contributed by atoms with Crippen molar-refractivity contribution < 1.29 is 5.11 Å². The largest absolute Gasteiger partial charge is 0.391 e. The zero-order chi connectivity index (χ0) is 14.0. The van der Waals surface area contributed by atoms with Crippen molar-refractivity contribution in [3.05, 3.63) is 16.5 Å². The molecule has 2 unspecified atom stereocenters. The lowest BCUT2D eigenvalue weighted by Gasteiger charge is -2.29. The van der Waals surface area contributed by atoms with Crippen LogP contribution in [0.3, 0.4) is 0 Å². The van der Waals surface area contributed by atoms with Gasteiger partial charge in [0.25, 0.3) is 0 Å². The third kappa shape index (κ3) is 3.37. The fraction of sp³-hybridized carbons (Fsp3) is 0.714. The predicted octanol–water partition coefficient (Wildman–Crippen LogP) is 3.28. The molecule has 1 aromatic rings. The lowest BCUT2D eigenvalue weighted by molar-refractivity contribution is 0.116. The molecule has 0 radical (unpaired) electrons. The molecular formula is C14H22ClN3O. The van der Waals surface area contributed by atoms with E-state index in [1.54, 1.807) is 0 Å². The van der Waals surface area contributed by atoms with E-state index >= 15 is 0 Å². The standard InChI is InChI=1S/C14H22ClN3O/c1-8(2)13-17-12(15)9(3)14(18-13)16-10-6-4-5-7-11(10)19/h8,10-11,19H,4-7H2,1-3H3,(H,16,17,18). The molecule has 0 saturated heterocycles. The number of nitrogens with one attached hydrogen (secondary N) is 1. The summed E-state index contributed by atoms with van der Waals surface area (Å²) in [5, 5.41) is 13.9. The van der Waals surface area contributed by atoms with Gasteiger partial charge in [-0.05, 0) is 19.8 Å². The van der Waals surface area contributed by atoms with Crippen LogP contribution in [-0.4, -0.2) is 27.2 Å². The van der Waals surface area contributed by atoms with Gasteiger partial charge in [-0.1, -0.05) is 38.3 Å². The van der Waals surface area contributed by atoms with Crippen LogP contribution in [0.2, 0.25) is 5.15 Å². The zero-order valence-electron chi connectivity index (χ0n) is 11.8. The highest BCUT2D eigenvalue weighted by molar-refractivity contribution is 6.30. The smallest absolute Gasteiger partial charge is 0.137 e. The zero-order valence-corrected chi connectivity index (χ0v) is 12.5. The average Bonchev–Trinajstić information content (AvgIpc) is 2.37. The summed E-state index contributed by atoms with van der Waals surface area (Å²) in [4.78, 5) is 8.84. The Morgan fingerprint density at radius 3 is 2.58 bits per heavy atom. The SMILES string of the molecule is Cc1c(Cl)nc(C(C)C)nc1NC1CCCCC1O. The summed E-state index contributed by atoms with van der Waals surface area (Å²) in [6, 6.07) is 0.0680. The van der Waals surface area contributed by atoms with Gasteiger partial charge in [0, 0.05) is 11.5 Å². The van der Waals surface area contributed by atoms with E-state index in [-0.39, 0.29) is 18.1 Å². The van der Waals surface area contributed by atoms with Crippen molar-refractivity contribution in [2.24, 2.45) is 0 Å². The number of rotatable bonds is 3. The normalized spacial score (nSPS) is 23.7. The van der Waals surface area contributed by atoms with Crippen molar-refractivity contribution in [1.82, 2.24) is 9.97 Å². The van der Waals surface area contributed by atoms with Crippen LogP contribution in [0.1, 0.15) is 56.8 Å². The van der Waals surface area contributed by atoms with E-state index in [9.17, 15) is 5.11 Å². The molecule has 106 valence electrons. The summed E-state index contributed by atoms with van der Waals surface area (Å²) in [5.74, 6) is 1.73. The van der Waals surface area contributed by atoms with E-state index in [2.05, 4.69) is 15.3 Å². The summed E-state index contributed by atoms with van der Waals surface area (Å²) >= 11 is 6.16. The Bertz CT molecular complexity index is 451. The minimum absolute atomic E-state index is 0.0680. The molecule has 2 atom stereocenters. The molecule has 0 spiro atoms. The topological polar surface area (TPSA) is 58.0 Å². The van der Waals surface area contributed by atoms with Crippen LogP contribution in [0.5, 0.6) is 0 Å². The molecule has 1 aliphatic carbocycles. The molecular weight excluding hydrogens is 262 g/mol. The first-order valence-electron chi connectivity index (χ1n) is 6.97. The number of hydrogen-bond acceptors (Lipinski definition) is 4. The monoisotopic (exact) mass is 283 g/mol. The van der Waals surface area contributed by atoms with E-state index in [4.69, 9.17) is 11.6 Å². The minimum atomic E-state index is -0.301. The Kier molecular flexibility index (Phi) is 4.63. The van der Waals surface area contributed by atoms with Crippen molar-refractivity contribution in [1.29, 1.82) is 0 Å². The summed E-state index contributed by atoms with van der Waals surface area (Å²) in [7, 11) is 0. The van der Waals surface area contributed by atoms with Crippen molar-refractivity contribution in [3.63, 3.8) is 0 Å². The first kappa shape index (κ1) is 14.5. The van der Waals surface area contributed by atoms with Crippen LogP contribution in [-0.2, 0) is 0 Å². The fourth-order valence-corrected chi connectivity index (χ4v) is 2.54. The van der Waals surface area contributed by atoms with Gasteiger partial charge in [0.15, 0.2) is 0 Å². The maximum atomic E-state index is 10.0. The number of aromatic nitrogens is 2. The molecule has 19 heavy (non-hydrogen) atoms. The van der Waals surface area contributed by atoms with Gasteiger partial charge in [-0.15, -0.1) is 0 Å². The summed E-state index contributed by atoms with van der Waals surface area (Å²) < 4.78 is 0. The number of aliphatic hydroxyl groups is 1. The van der Waals surface area contributed by atoms with Crippen LogP contribution >= 0.6 is 11.6 Å². The Balaban J connectivity index is 2.23. The summed E-state index contributed by atoms with van der Waals surface area (Å²) in [6.07, 6.45) is 3.76. The van der Waals surface area contributed by atoms with Gasteiger partial charge in [-0.2, -0.15) is 0 Å². The maximum absolute atomic E-state index is 10.0. The quantitative estimate of drug-likeness (QED) is 0.836. The van der Waals surface area contributed by atoms with Crippen LogP contribution in [0, 0.1) is 6.92 Å². The van der Waals surface area contributed by atoms with Gasteiger partial charge >= 0.3 is 0 Å². The molecule has 1 aliphatic rings. The highest BCUT2D eigenvalue weighted by Crippen LogP contribution is 2.27. The van der Waals surface area contributed by atoms with Gasteiger partial charge in [-0.3, -0.25) is 0 Å². The van der Waals surface area contributed by atoms with Crippen LogP contribution in [0.25, 0.3) is 0 Å². The number of halogens is 1. The van der Waals surface area contributed by atoms with Gasteiger partial charge < -0.3 is 10.4 Å². The third-order valence-electron chi connectivity index (χ3n) is 3.67. The molecule has 0 amide bonds. The van der Waals surface area contributed by atoms with E-state index in [1.807, 2.05) is 20.8 Å². The molecule has 0 bridgehead atoms. The molecule has 5 heteroatoms. The molecule has 1 fully saturated rings. The number of aliphatic hydroxyl groups excluding tert-OH is 1. The second kappa shape index (κ2) is 6.06. The van der Waals surface area contributed by atoms with E-state index in [1.165, 1.54) is 0 Å². The minimum Gasteiger partial charge on any atom is -0.391 e. The molecule has 1 heterocycles. The van der Waals surface area contributed by atoms with Crippen LogP contribution < -0.4 is 5.32 Å². The first-order chi connectivity index (χ1) is 8.99. The Hall–Kier alpha value is -0.870. The summed E-state index contributed by atoms with van der Waals surface area (Å²) in [6.45, 7) is 5.99. The van der Waals surface area contributed by atoms with Crippen molar-refractivity contribution in [3.8, 4) is 0 Å². The molecule has 0 aromatic carbocycles. The molecule has 2 N–H and O–H groups in total. The number of anilines is 1. The van der Waals surface area contributed by atoms with Gasteiger partial charge in [0.1, 0.15) is 16.8 Å². The lowest BCUT2D eigenvalue weighted by atomic mass is 9.92. The van der Waals surface area contributed by atoms with Crippen LogP contribution in [0.15, 0.2) is 0 Å². The van der Waals surface area contributed by atoms with E-state index in [0.29, 0.717) is 5.15 Å². The van der Waals surface area contributed by atoms with E-state index < -0.39 is 0 Å². The molecule has 4 nitrogen and oxygen atoms in total. The highest BCUT2D eigenvalue weighted by atomic mass is 35.5. The fourth-order valence-electron chi connectivity index (χ4n) is 2.36. The van der Waals surface area contributed by atoms with Gasteiger partial charge in [-0.25, -0.2) is 9.97 Å². The Morgan fingerprint density at radius 2 is 1.95 bits per heavy atom. The highest BCUT2D eigenvalue weighted by Gasteiger charge is 2.24. The predicted molar refractivity (Wildman–Crippen MR) is 77.8 cm³/mol. The molecule has 2 rings (SSSR count). The Labute approximate surface area is 119 Å². The second-order valence-corrected chi connectivity index (χ2v) is 5.96. The summed E-state index contributed by atoms with van der Waals surface area (Å²) in [5.41, 5.74) is 0.851.